The summed E-state index contributed by atoms with van der Waals surface area (Å²) in [6.45, 7) is 0.886. The third-order valence-electron chi connectivity index (χ3n) is 3.26. The summed E-state index contributed by atoms with van der Waals surface area (Å²) in [5.74, 6) is 0.800. The summed E-state index contributed by atoms with van der Waals surface area (Å²) >= 11 is 0. The molecule has 2 aromatic rings. The molecular formula is C17H21NO2S. The third-order valence-corrected chi connectivity index (χ3v) is 4.20. The van der Waals surface area contributed by atoms with Crippen molar-refractivity contribution in [1.82, 2.24) is 5.32 Å². The molecule has 0 fully saturated rings. The lowest BCUT2D eigenvalue weighted by atomic mass is 10.1. The summed E-state index contributed by atoms with van der Waals surface area (Å²) < 4.78 is 17.5. The maximum atomic E-state index is 11.4. The summed E-state index contributed by atoms with van der Waals surface area (Å²) in [7, 11) is 0.982. The number of hydrogen-bond donors (Lipinski definition) is 1. The lowest BCUT2D eigenvalue weighted by Gasteiger charge is -2.19. The van der Waals surface area contributed by atoms with Gasteiger partial charge in [-0.15, -0.1) is 0 Å². The van der Waals surface area contributed by atoms with Crippen molar-refractivity contribution in [3.05, 3.63) is 60.2 Å². The Morgan fingerprint density at radius 3 is 2.33 bits per heavy atom. The van der Waals surface area contributed by atoms with Gasteiger partial charge in [-0.3, -0.25) is 4.21 Å². The van der Waals surface area contributed by atoms with Crippen LogP contribution in [0.15, 0.2) is 59.5 Å². The average Bonchev–Trinajstić information content (AvgIpc) is 2.52. The second kappa shape index (κ2) is 7.96. The first-order valence-corrected chi connectivity index (χ1v) is 8.56. The number of hydrogen-bond acceptors (Lipinski definition) is 3. The van der Waals surface area contributed by atoms with Crippen LogP contribution in [0.2, 0.25) is 0 Å². The highest BCUT2D eigenvalue weighted by Gasteiger charge is 2.12. The van der Waals surface area contributed by atoms with Crippen molar-refractivity contribution in [2.45, 2.75) is 17.4 Å². The van der Waals surface area contributed by atoms with E-state index in [1.807, 2.05) is 49.5 Å². The SMILES string of the molecule is CNCCC(Oc1ccc(S(C)=O)cc1)c1ccccc1. The Kier molecular flexibility index (Phi) is 5.96. The smallest absolute Gasteiger partial charge is 0.125 e. The number of nitrogens with one attached hydrogen (secondary N) is 1. The van der Waals surface area contributed by atoms with Gasteiger partial charge < -0.3 is 10.1 Å². The summed E-state index contributed by atoms with van der Waals surface area (Å²) in [6, 6.07) is 17.7. The zero-order chi connectivity index (χ0) is 15.1. The van der Waals surface area contributed by atoms with E-state index in [1.54, 1.807) is 6.26 Å². The lowest BCUT2D eigenvalue weighted by Crippen LogP contribution is -2.16. The van der Waals surface area contributed by atoms with E-state index < -0.39 is 10.8 Å². The van der Waals surface area contributed by atoms with E-state index in [0.717, 1.165) is 29.2 Å². The quantitative estimate of drug-likeness (QED) is 0.854. The molecule has 0 spiro atoms. The molecule has 2 atom stereocenters. The van der Waals surface area contributed by atoms with Crippen LogP contribution in [0.5, 0.6) is 5.75 Å². The van der Waals surface area contributed by atoms with Crippen LogP contribution in [0.25, 0.3) is 0 Å². The predicted octanol–water partition coefficient (Wildman–Crippen LogP) is 3.15. The van der Waals surface area contributed by atoms with Gasteiger partial charge in [-0.25, -0.2) is 0 Å². The fraction of sp³-hybridized carbons (Fsp3) is 0.294. The van der Waals surface area contributed by atoms with E-state index in [-0.39, 0.29) is 6.10 Å². The maximum absolute atomic E-state index is 11.4. The lowest BCUT2D eigenvalue weighted by molar-refractivity contribution is 0.195. The Hall–Kier alpha value is -1.65. The molecule has 0 aromatic heterocycles. The highest BCUT2D eigenvalue weighted by Crippen LogP contribution is 2.25. The number of ether oxygens (including phenoxy) is 1. The molecule has 4 heteroatoms. The van der Waals surface area contributed by atoms with Crippen molar-refractivity contribution in [3.8, 4) is 5.75 Å². The van der Waals surface area contributed by atoms with E-state index in [9.17, 15) is 4.21 Å². The van der Waals surface area contributed by atoms with Crippen LogP contribution in [-0.4, -0.2) is 24.1 Å². The minimum Gasteiger partial charge on any atom is -0.486 e. The van der Waals surface area contributed by atoms with Gasteiger partial charge in [-0.2, -0.15) is 0 Å². The Labute approximate surface area is 128 Å². The summed E-state index contributed by atoms with van der Waals surface area (Å²) in [4.78, 5) is 0.814. The molecule has 2 rings (SSSR count). The van der Waals surface area contributed by atoms with Crippen LogP contribution in [-0.2, 0) is 10.8 Å². The Morgan fingerprint density at radius 2 is 1.76 bits per heavy atom. The zero-order valence-electron chi connectivity index (χ0n) is 12.4. The third kappa shape index (κ3) is 4.69. The molecule has 3 nitrogen and oxygen atoms in total. The molecule has 0 saturated carbocycles. The summed E-state index contributed by atoms with van der Waals surface area (Å²) in [5, 5.41) is 3.16. The first-order chi connectivity index (χ1) is 10.2. The van der Waals surface area contributed by atoms with E-state index >= 15 is 0 Å². The molecule has 0 aliphatic rings. The summed E-state index contributed by atoms with van der Waals surface area (Å²) in [6.07, 6.45) is 2.58. The van der Waals surface area contributed by atoms with Crippen molar-refractivity contribution in [3.63, 3.8) is 0 Å². The fourth-order valence-electron chi connectivity index (χ4n) is 2.11. The van der Waals surface area contributed by atoms with Crippen molar-refractivity contribution in [2.75, 3.05) is 19.8 Å². The van der Waals surface area contributed by atoms with Gasteiger partial charge in [0, 0.05) is 28.4 Å². The van der Waals surface area contributed by atoms with Gasteiger partial charge in [0.25, 0.3) is 0 Å². The van der Waals surface area contributed by atoms with Gasteiger partial charge in [0.15, 0.2) is 0 Å². The molecule has 0 aliphatic carbocycles. The van der Waals surface area contributed by atoms with Crippen molar-refractivity contribution in [1.29, 1.82) is 0 Å². The molecule has 2 aromatic carbocycles. The molecular weight excluding hydrogens is 282 g/mol. The average molecular weight is 303 g/mol. The van der Waals surface area contributed by atoms with Gasteiger partial charge in [0.05, 0.1) is 0 Å². The maximum Gasteiger partial charge on any atom is 0.125 e. The Morgan fingerprint density at radius 1 is 1.10 bits per heavy atom. The molecule has 0 saturated heterocycles. The molecule has 0 aliphatic heterocycles. The molecule has 0 radical (unpaired) electrons. The van der Waals surface area contributed by atoms with Crippen LogP contribution in [0.4, 0.5) is 0 Å². The Bertz CT molecular complexity index is 569. The van der Waals surface area contributed by atoms with E-state index in [0.29, 0.717) is 0 Å². The first kappa shape index (κ1) is 15.7. The Balaban J connectivity index is 2.12. The highest BCUT2D eigenvalue weighted by atomic mass is 32.2. The standard InChI is InChI=1S/C17H21NO2S/c1-18-13-12-17(14-6-4-3-5-7-14)20-15-8-10-16(11-9-15)21(2)19/h3-11,17-18H,12-13H2,1-2H3. The molecule has 2 unspecified atom stereocenters. The van der Waals surface area contributed by atoms with E-state index in [2.05, 4.69) is 17.4 Å². The van der Waals surface area contributed by atoms with Gasteiger partial charge in [-0.1, -0.05) is 30.3 Å². The minimum atomic E-state index is -0.956. The topological polar surface area (TPSA) is 38.3 Å². The molecule has 0 bridgehead atoms. The first-order valence-electron chi connectivity index (χ1n) is 7.00. The molecule has 112 valence electrons. The highest BCUT2D eigenvalue weighted by molar-refractivity contribution is 7.84. The van der Waals surface area contributed by atoms with Crippen molar-refractivity contribution in [2.24, 2.45) is 0 Å². The van der Waals surface area contributed by atoms with Crippen LogP contribution in [0, 0.1) is 0 Å². The molecule has 1 N–H and O–H groups in total. The predicted molar refractivity (Wildman–Crippen MR) is 87.1 cm³/mol. The second-order valence-electron chi connectivity index (χ2n) is 4.83. The second-order valence-corrected chi connectivity index (χ2v) is 6.21. The number of rotatable bonds is 7. The molecule has 21 heavy (non-hydrogen) atoms. The largest absolute Gasteiger partial charge is 0.486 e. The van der Waals surface area contributed by atoms with Crippen LogP contribution < -0.4 is 10.1 Å². The molecule has 0 heterocycles. The fourth-order valence-corrected chi connectivity index (χ4v) is 2.63. The van der Waals surface area contributed by atoms with Crippen molar-refractivity contribution < 1.29 is 8.95 Å². The zero-order valence-corrected chi connectivity index (χ0v) is 13.2. The van der Waals surface area contributed by atoms with Gasteiger partial charge in [-0.05, 0) is 43.4 Å². The van der Waals surface area contributed by atoms with E-state index in [1.165, 1.54) is 0 Å². The number of benzene rings is 2. The monoisotopic (exact) mass is 303 g/mol. The molecule has 0 amide bonds. The minimum absolute atomic E-state index is 0.0108. The van der Waals surface area contributed by atoms with Gasteiger partial charge in [0.2, 0.25) is 0 Å². The van der Waals surface area contributed by atoms with Gasteiger partial charge in [0.1, 0.15) is 11.9 Å². The van der Waals surface area contributed by atoms with Crippen LogP contribution >= 0.6 is 0 Å². The van der Waals surface area contributed by atoms with Crippen LogP contribution in [0.3, 0.4) is 0 Å². The van der Waals surface area contributed by atoms with Crippen LogP contribution in [0.1, 0.15) is 18.1 Å². The van der Waals surface area contributed by atoms with Gasteiger partial charge >= 0.3 is 0 Å². The van der Waals surface area contributed by atoms with E-state index in [4.69, 9.17) is 4.74 Å². The van der Waals surface area contributed by atoms with Crippen molar-refractivity contribution >= 4 is 10.8 Å². The normalized spacial score (nSPS) is 13.6. The summed E-state index contributed by atoms with van der Waals surface area (Å²) in [5.41, 5.74) is 1.16.